The number of rotatable bonds is 5. The van der Waals surface area contributed by atoms with E-state index in [4.69, 9.17) is 19.4 Å². The van der Waals surface area contributed by atoms with Crippen molar-refractivity contribution in [3.63, 3.8) is 0 Å². The molecule has 0 N–H and O–H groups in total. The summed E-state index contributed by atoms with van der Waals surface area (Å²) in [5.74, 6) is 1.88. The standard InChI is InChI=1S/C48H33N3O/c1-48(2)40-21-10-9-19-37(40)38-25-23-34(28-41(38)48)46-49-45(31-15-7-4-8-16-31)50-47(51-46)35-24-26-39-43(29-35)52-42-22-12-20-36(44(39)42)33-18-11-17-32(27-33)30-13-5-3-6-14-30/h3-29H,1-2H3. The second kappa shape index (κ2) is 11.7. The Bertz CT molecular complexity index is 2820. The van der Waals surface area contributed by atoms with Gasteiger partial charge in [0.25, 0.3) is 0 Å². The summed E-state index contributed by atoms with van der Waals surface area (Å²) in [4.78, 5) is 15.2. The third-order valence-corrected chi connectivity index (χ3v) is 10.5. The van der Waals surface area contributed by atoms with E-state index in [2.05, 4.69) is 135 Å². The molecular weight excluding hydrogens is 635 g/mol. The molecule has 0 radical (unpaired) electrons. The first-order valence-corrected chi connectivity index (χ1v) is 17.7. The van der Waals surface area contributed by atoms with Gasteiger partial charge < -0.3 is 4.42 Å². The van der Waals surface area contributed by atoms with Crippen LogP contribution in [0.5, 0.6) is 0 Å². The molecule has 10 rings (SSSR count). The van der Waals surface area contributed by atoms with Gasteiger partial charge in [-0.05, 0) is 74.8 Å². The van der Waals surface area contributed by atoms with E-state index in [0.717, 1.165) is 49.8 Å². The third-order valence-electron chi connectivity index (χ3n) is 10.5. The predicted molar refractivity (Wildman–Crippen MR) is 212 cm³/mol. The summed E-state index contributed by atoms with van der Waals surface area (Å²) in [5.41, 5.74) is 14.1. The van der Waals surface area contributed by atoms with Gasteiger partial charge in [-0.1, -0.05) is 147 Å². The van der Waals surface area contributed by atoms with Crippen molar-refractivity contribution >= 4 is 21.9 Å². The molecule has 1 aliphatic carbocycles. The van der Waals surface area contributed by atoms with Crippen LogP contribution in [-0.2, 0) is 5.41 Å². The molecule has 52 heavy (non-hydrogen) atoms. The molecule has 2 heterocycles. The molecule has 4 nitrogen and oxygen atoms in total. The maximum Gasteiger partial charge on any atom is 0.164 e. The first-order chi connectivity index (χ1) is 25.5. The monoisotopic (exact) mass is 667 g/mol. The number of benzene rings is 7. The zero-order chi connectivity index (χ0) is 34.8. The second-order valence-electron chi connectivity index (χ2n) is 14.0. The lowest BCUT2D eigenvalue weighted by Gasteiger charge is -2.21. The summed E-state index contributed by atoms with van der Waals surface area (Å²) in [6.45, 7) is 4.59. The maximum absolute atomic E-state index is 6.55. The van der Waals surface area contributed by atoms with Gasteiger partial charge in [0.05, 0.1) is 0 Å². The fourth-order valence-electron chi connectivity index (χ4n) is 7.90. The van der Waals surface area contributed by atoms with Crippen molar-refractivity contribution < 1.29 is 4.42 Å². The van der Waals surface area contributed by atoms with Crippen LogP contribution in [0, 0.1) is 0 Å². The average Bonchev–Trinajstić information content (AvgIpc) is 3.70. The van der Waals surface area contributed by atoms with Crippen molar-refractivity contribution in [3.8, 4) is 67.5 Å². The molecule has 0 saturated carbocycles. The van der Waals surface area contributed by atoms with Crippen molar-refractivity contribution in [3.05, 3.63) is 175 Å². The Kier molecular flexibility index (Phi) is 6.80. The summed E-state index contributed by atoms with van der Waals surface area (Å²) in [6, 6.07) is 57.3. The minimum absolute atomic E-state index is 0.131. The van der Waals surface area contributed by atoms with Crippen molar-refractivity contribution in [2.24, 2.45) is 0 Å². The predicted octanol–water partition coefficient (Wildman–Crippen LogP) is 12.4. The number of nitrogens with zero attached hydrogens (tertiary/aromatic N) is 3. The maximum atomic E-state index is 6.55. The van der Waals surface area contributed by atoms with Crippen LogP contribution in [0.4, 0.5) is 0 Å². The summed E-state index contributed by atoms with van der Waals surface area (Å²) < 4.78 is 6.55. The first kappa shape index (κ1) is 30.2. The first-order valence-electron chi connectivity index (χ1n) is 17.7. The van der Waals surface area contributed by atoms with Gasteiger partial charge in [-0.3, -0.25) is 0 Å². The van der Waals surface area contributed by atoms with Crippen molar-refractivity contribution in [2.75, 3.05) is 0 Å². The molecule has 0 unspecified atom stereocenters. The van der Waals surface area contributed by atoms with Gasteiger partial charge in [-0.25, -0.2) is 15.0 Å². The van der Waals surface area contributed by atoms with Crippen LogP contribution in [0.3, 0.4) is 0 Å². The molecule has 0 fully saturated rings. The van der Waals surface area contributed by atoms with Gasteiger partial charge in [-0.2, -0.15) is 0 Å². The molecule has 0 bridgehead atoms. The second-order valence-corrected chi connectivity index (χ2v) is 14.0. The highest BCUT2D eigenvalue weighted by Crippen LogP contribution is 2.49. The van der Waals surface area contributed by atoms with Crippen molar-refractivity contribution in [1.29, 1.82) is 0 Å². The highest BCUT2D eigenvalue weighted by Gasteiger charge is 2.35. The van der Waals surface area contributed by atoms with E-state index in [1.54, 1.807) is 0 Å². The number of furan rings is 1. The molecule has 0 atom stereocenters. The van der Waals surface area contributed by atoms with E-state index in [9.17, 15) is 0 Å². The summed E-state index contributed by atoms with van der Waals surface area (Å²) in [5, 5.41) is 2.15. The van der Waals surface area contributed by atoms with Gasteiger partial charge in [0.15, 0.2) is 17.5 Å². The van der Waals surface area contributed by atoms with Crippen LogP contribution in [0.1, 0.15) is 25.0 Å². The minimum Gasteiger partial charge on any atom is -0.456 e. The van der Waals surface area contributed by atoms with Crippen LogP contribution >= 0.6 is 0 Å². The van der Waals surface area contributed by atoms with Gasteiger partial charge in [-0.15, -0.1) is 0 Å². The molecule has 4 heteroatoms. The van der Waals surface area contributed by atoms with E-state index in [0.29, 0.717) is 17.5 Å². The van der Waals surface area contributed by atoms with Crippen molar-refractivity contribution in [1.82, 2.24) is 15.0 Å². The van der Waals surface area contributed by atoms with E-state index < -0.39 is 0 Å². The Hall–Kier alpha value is -6.65. The van der Waals surface area contributed by atoms with Crippen LogP contribution in [-0.4, -0.2) is 15.0 Å². The molecule has 0 amide bonds. The topological polar surface area (TPSA) is 51.8 Å². The summed E-state index contributed by atoms with van der Waals surface area (Å²) in [7, 11) is 0. The zero-order valence-electron chi connectivity index (χ0n) is 28.8. The molecule has 2 aromatic heterocycles. The number of fused-ring (bicyclic) bond motifs is 6. The normalized spacial score (nSPS) is 13.0. The summed E-state index contributed by atoms with van der Waals surface area (Å²) in [6.07, 6.45) is 0. The fraction of sp³-hybridized carbons (Fsp3) is 0.0625. The van der Waals surface area contributed by atoms with Gasteiger partial charge in [0.2, 0.25) is 0 Å². The Morgan fingerprint density at radius 1 is 0.385 bits per heavy atom. The van der Waals surface area contributed by atoms with Gasteiger partial charge in [0.1, 0.15) is 11.2 Å². The molecule has 0 spiro atoms. The Balaban J connectivity index is 1.10. The largest absolute Gasteiger partial charge is 0.456 e. The summed E-state index contributed by atoms with van der Waals surface area (Å²) >= 11 is 0. The van der Waals surface area contributed by atoms with Gasteiger partial charge >= 0.3 is 0 Å². The highest BCUT2D eigenvalue weighted by molar-refractivity contribution is 6.13. The lowest BCUT2D eigenvalue weighted by Crippen LogP contribution is -2.15. The molecule has 0 aliphatic heterocycles. The Morgan fingerprint density at radius 3 is 1.75 bits per heavy atom. The van der Waals surface area contributed by atoms with Crippen LogP contribution < -0.4 is 0 Å². The van der Waals surface area contributed by atoms with E-state index >= 15 is 0 Å². The lowest BCUT2D eigenvalue weighted by molar-refractivity contribution is 0.660. The van der Waals surface area contributed by atoms with E-state index in [1.807, 2.05) is 42.5 Å². The Labute approximate surface area is 302 Å². The molecule has 0 saturated heterocycles. The number of aromatic nitrogens is 3. The zero-order valence-corrected chi connectivity index (χ0v) is 28.8. The third kappa shape index (κ3) is 4.87. The SMILES string of the molecule is CC1(C)c2ccccc2-c2ccc(-c3nc(-c4ccccc4)nc(-c4ccc5c(c4)oc4cccc(-c6cccc(-c7ccccc7)c6)c45)n3)cc21. The number of hydrogen-bond donors (Lipinski definition) is 0. The van der Waals surface area contributed by atoms with E-state index in [-0.39, 0.29) is 5.41 Å². The quantitative estimate of drug-likeness (QED) is 0.183. The van der Waals surface area contributed by atoms with Crippen molar-refractivity contribution in [2.45, 2.75) is 19.3 Å². The molecule has 7 aromatic carbocycles. The fourth-order valence-corrected chi connectivity index (χ4v) is 7.90. The van der Waals surface area contributed by atoms with Crippen LogP contribution in [0.15, 0.2) is 168 Å². The molecular formula is C48H33N3O. The molecule has 246 valence electrons. The minimum atomic E-state index is -0.131. The molecule has 1 aliphatic rings. The smallest absolute Gasteiger partial charge is 0.164 e. The average molecular weight is 668 g/mol. The van der Waals surface area contributed by atoms with E-state index in [1.165, 1.54) is 33.4 Å². The molecule has 9 aromatic rings. The van der Waals surface area contributed by atoms with Crippen LogP contribution in [0.25, 0.3) is 89.5 Å². The highest BCUT2D eigenvalue weighted by atomic mass is 16.3. The number of hydrogen-bond acceptors (Lipinski definition) is 4. The lowest BCUT2D eigenvalue weighted by atomic mass is 9.82. The van der Waals surface area contributed by atoms with Gasteiger partial charge in [0, 0.05) is 32.9 Å². The Morgan fingerprint density at radius 2 is 0.962 bits per heavy atom. The van der Waals surface area contributed by atoms with Crippen LogP contribution in [0.2, 0.25) is 0 Å².